The standard InChI is InChI=1S/C19H12Cl3N5O/c20-13-3-1-2-11(4-13)9-23-19(28)17-8-16(18-25-24-10-27(18)26-17)12-5-14(21)7-15(22)6-12/h1-8,10H,9H2,(H,23,28). The zero-order chi connectivity index (χ0) is 19.7. The quantitative estimate of drug-likeness (QED) is 0.508. The second-order valence-corrected chi connectivity index (χ2v) is 7.32. The molecule has 28 heavy (non-hydrogen) atoms. The zero-order valence-electron chi connectivity index (χ0n) is 14.2. The minimum Gasteiger partial charge on any atom is -0.347 e. The van der Waals surface area contributed by atoms with Crippen molar-refractivity contribution in [2.24, 2.45) is 0 Å². The van der Waals surface area contributed by atoms with E-state index in [1.807, 2.05) is 12.1 Å². The third kappa shape index (κ3) is 3.94. The van der Waals surface area contributed by atoms with Gasteiger partial charge in [0.15, 0.2) is 5.65 Å². The Morgan fingerprint density at radius 2 is 1.79 bits per heavy atom. The highest BCUT2D eigenvalue weighted by Crippen LogP contribution is 2.29. The fraction of sp³-hybridized carbons (Fsp3) is 0.0526. The average molecular weight is 433 g/mol. The van der Waals surface area contributed by atoms with Gasteiger partial charge in [-0.2, -0.15) is 9.61 Å². The largest absolute Gasteiger partial charge is 0.347 e. The molecule has 0 atom stereocenters. The molecule has 140 valence electrons. The highest BCUT2D eigenvalue weighted by Gasteiger charge is 2.16. The van der Waals surface area contributed by atoms with Gasteiger partial charge >= 0.3 is 0 Å². The summed E-state index contributed by atoms with van der Waals surface area (Å²) >= 11 is 18.2. The van der Waals surface area contributed by atoms with Crippen molar-refractivity contribution < 1.29 is 4.79 Å². The lowest BCUT2D eigenvalue weighted by atomic mass is 10.1. The molecule has 0 aliphatic carbocycles. The van der Waals surface area contributed by atoms with Crippen LogP contribution in [0.25, 0.3) is 16.8 Å². The van der Waals surface area contributed by atoms with Crippen molar-refractivity contribution >= 4 is 46.4 Å². The molecule has 0 spiro atoms. The van der Waals surface area contributed by atoms with Gasteiger partial charge in [-0.3, -0.25) is 4.79 Å². The molecule has 4 rings (SSSR count). The Balaban J connectivity index is 1.69. The summed E-state index contributed by atoms with van der Waals surface area (Å²) in [6, 6.07) is 14.0. The number of hydrogen-bond donors (Lipinski definition) is 1. The van der Waals surface area contributed by atoms with Gasteiger partial charge in [0.05, 0.1) is 0 Å². The molecule has 0 radical (unpaired) electrons. The van der Waals surface area contributed by atoms with Gasteiger partial charge in [-0.05, 0) is 47.5 Å². The molecule has 0 aliphatic heterocycles. The van der Waals surface area contributed by atoms with E-state index in [1.54, 1.807) is 36.4 Å². The summed E-state index contributed by atoms with van der Waals surface area (Å²) in [5, 5.41) is 16.6. The minimum atomic E-state index is -0.343. The second-order valence-electron chi connectivity index (χ2n) is 6.01. The van der Waals surface area contributed by atoms with Crippen molar-refractivity contribution in [1.82, 2.24) is 25.1 Å². The number of nitrogens with one attached hydrogen (secondary N) is 1. The highest BCUT2D eigenvalue weighted by molar-refractivity contribution is 6.35. The smallest absolute Gasteiger partial charge is 0.272 e. The average Bonchev–Trinajstić information content (AvgIpc) is 3.13. The molecule has 1 N–H and O–H groups in total. The molecule has 0 saturated heterocycles. The molecule has 4 aromatic rings. The summed E-state index contributed by atoms with van der Waals surface area (Å²) in [7, 11) is 0. The molecule has 2 heterocycles. The summed E-state index contributed by atoms with van der Waals surface area (Å²) < 4.78 is 1.44. The van der Waals surface area contributed by atoms with Crippen LogP contribution in [0, 0.1) is 0 Å². The highest BCUT2D eigenvalue weighted by atomic mass is 35.5. The lowest BCUT2D eigenvalue weighted by molar-refractivity contribution is 0.0944. The van der Waals surface area contributed by atoms with Crippen molar-refractivity contribution in [3.05, 3.63) is 81.2 Å². The molecule has 0 aliphatic rings. The lowest BCUT2D eigenvalue weighted by Crippen LogP contribution is -2.24. The number of fused-ring (bicyclic) bond motifs is 1. The second kappa shape index (κ2) is 7.75. The van der Waals surface area contributed by atoms with Crippen LogP contribution in [0.15, 0.2) is 54.9 Å². The van der Waals surface area contributed by atoms with E-state index in [2.05, 4.69) is 20.6 Å². The molecule has 6 nitrogen and oxygen atoms in total. The van der Waals surface area contributed by atoms with E-state index in [-0.39, 0.29) is 11.6 Å². The molecule has 2 aromatic heterocycles. The molecule has 1 amide bonds. The molecular formula is C19H12Cl3N5O. The van der Waals surface area contributed by atoms with Crippen LogP contribution in [0.3, 0.4) is 0 Å². The molecule has 0 saturated carbocycles. The van der Waals surface area contributed by atoms with Crippen LogP contribution in [-0.2, 0) is 6.54 Å². The Morgan fingerprint density at radius 1 is 1.00 bits per heavy atom. The lowest BCUT2D eigenvalue weighted by Gasteiger charge is -2.09. The fourth-order valence-electron chi connectivity index (χ4n) is 2.78. The van der Waals surface area contributed by atoms with Crippen LogP contribution in [0.1, 0.15) is 16.1 Å². The van der Waals surface area contributed by atoms with Crippen molar-refractivity contribution in [1.29, 1.82) is 0 Å². The van der Waals surface area contributed by atoms with Crippen LogP contribution in [-0.4, -0.2) is 25.7 Å². The summed E-state index contributed by atoms with van der Waals surface area (Å²) in [6.45, 7) is 0.319. The molecular weight excluding hydrogens is 421 g/mol. The SMILES string of the molecule is O=C(NCc1cccc(Cl)c1)c1cc(-c2cc(Cl)cc(Cl)c2)c2nncn2n1. The van der Waals surface area contributed by atoms with Gasteiger partial charge < -0.3 is 5.32 Å². The van der Waals surface area contributed by atoms with E-state index >= 15 is 0 Å². The van der Waals surface area contributed by atoms with E-state index in [9.17, 15) is 4.79 Å². The van der Waals surface area contributed by atoms with E-state index < -0.39 is 0 Å². The first-order chi connectivity index (χ1) is 13.5. The van der Waals surface area contributed by atoms with Crippen molar-refractivity contribution in [2.75, 3.05) is 0 Å². The number of carbonyl (C=O) groups excluding carboxylic acids is 1. The molecule has 2 aromatic carbocycles. The van der Waals surface area contributed by atoms with Gasteiger partial charge in [0.1, 0.15) is 12.0 Å². The Kier molecular flexibility index (Phi) is 5.17. The van der Waals surface area contributed by atoms with Gasteiger partial charge in [-0.25, -0.2) is 0 Å². The van der Waals surface area contributed by atoms with Crippen molar-refractivity contribution in [3.8, 4) is 11.1 Å². The number of carbonyl (C=O) groups is 1. The van der Waals surface area contributed by atoms with Gasteiger partial charge in [0.25, 0.3) is 5.91 Å². The number of aromatic nitrogens is 4. The first kappa shape index (κ1) is 18.7. The van der Waals surface area contributed by atoms with E-state index in [0.717, 1.165) is 5.56 Å². The first-order valence-corrected chi connectivity index (χ1v) is 9.33. The number of hydrogen-bond acceptors (Lipinski definition) is 4. The fourth-order valence-corrected chi connectivity index (χ4v) is 3.52. The molecule has 0 bridgehead atoms. The zero-order valence-corrected chi connectivity index (χ0v) is 16.5. The van der Waals surface area contributed by atoms with Crippen LogP contribution >= 0.6 is 34.8 Å². The normalized spacial score (nSPS) is 11.0. The van der Waals surface area contributed by atoms with Gasteiger partial charge in [-0.1, -0.05) is 46.9 Å². The molecule has 0 fully saturated rings. The Hall–Kier alpha value is -2.67. The maximum Gasteiger partial charge on any atom is 0.272 e. The Labute approximate surface area is 175 Å². The van der Waals surface area contributed by atoms with Crippen molar-refractivity contribution in [2.45, 2.75) is 6.54 Å². The van der Waals surface area contributed by atoms with Gasteiger partial charge in [-0.15, -0.1) is 10.2 Å². The number of nitrogens with zero attached hydrogens (tertiary/aromatic N) is 4. The summed E-state index contributed by atoms with van der Waals surface area (Å²) in [5.74, 6) is -0.343. The van der Waals surface area contributed by atoms with E-state index in [4.69, 9.17) is 34.8 Å². The molecule has 9 heteroatoms. The summed E-state index contributed by atoms with van der Waals surface area (Å²) in [4.78, 5) is 12.7. The van der Waals surface area contributed by atoms with Crippen LogP contribution in [0.5, 0.6) is 0 Å². The summed E-state index contributed by atoms with van der Waals surface area (Å²) in [6.07, 6.45) is 1.43. The summed E-state index contributed by atoms with van der Waals surface area (Å²) in [5.41, 5.74) is 2.94. The van der Waals surface area contributed by atoms with Gasteiger partial charge in [0, 0.05) is 27.2 Å². The third-order valence-corrected chi connectivity index (χ3v) is 4.69. The predicted octanol–water partition coefficient (Wildman–Crippen LogP) is 4.68. The van der Waals surface area contributed by atoms with Crippen LogP contribution in [0.4, 0.5) is 0 Å². The van der Waals surface area contributed by atoms with E-state index in [0.29, 0.717) is 38.4 Å². The minimum absolute atomic E-state index is 0.209. The van der Waals surface area contributed by atoms with E-state index in [1.165, 1.54) is 10.8 Å². The first-order valence-electron chi connectivity index (χ1n) is 8.20. The number of benzene rings is 2. The Morgan fingerprint density at radius 3 is 2.54 bits per heavy atom. The molecule has 0 unspecified atom stereocenters. The Bertz CT molecular complexity index is 1170. The monoisotopic (exact) mass is 431 g/mol. The number of rotatable bonds is 4. The number of amides is 1. The van der Waals surface area contributed by atoms with Crippen LogP contribution in [0.2, 0.25) is 15.1 Å². The maximum atomic E-state index is 12.7. The third-order valence-electron chi connectivity index (χ3n) is 4.02. The topological polar surface area (TPSA) is 72.2 Å². The predicted molar refractivity (Wildman–Crippen MR) is 109 cm³/mol. The maximum absolute atomic E-state index is 12.7. The van der Waals surface area contributed by atoms with Gasteiger partial charge in [0.2, 0.25) is 0 Å². The van der Waals surface area contributed by atoms with Crippen LogP contribution < -0.4 is 5.32 Å². The number of halogens is 3. The van der Waals surface area contributed by atoms with Crippen molar-refractivity contribution in [3.63, 3.8) is 0 Å².